The Morgan fingerprint density at radius 2 is 2.00 bits per heavy atom. The van der Waals surface area contributed by atoms with Gasteiger partial charge in [0.1, 0.15) is 5.60 Å². The van der Waals surface area contributed by atoms with E-state index in [0.29, 0.717) is 25.9 Å². The van der Waals surface area contributed by atoms with E-state index in [0.717, 1.165) is 18.9 Å². The van der Waals surface area contributed by atoms with Gasteiger partial charge in [-0.2, -0.15) is 5.10 Å². The van der Waals surface area contributed by atoms with Gasteiger partial charge < -0.3 is 14.9 Å². The molecule has 0 spiro atoms. The number of carbonyl (C=O) groups is 1. The Labute approximate surface area is 105 Å². The molecule has 96 valence electrons. The second-order valence-electron chi connectivity index (χ2n) is 4.89. The molecule has 1 aliphatic heterocycles. The molecule has 1 amide bonds. The molecule has 0 unspecified atom stereocenters. The number of piperazine rings is 1. The fraction of sp³-hybridized carbons (Fsp3) is 0.583. The summed E-state index contributed by atoms with van der Waals surface area (Å²) in [6.07, 6.45) is 2.86. The number of aromatic nitrogens is 2. The normalized spacial score (nSPS) is 21.8. The van der Waals surface area contributed by atoms with Crippen molar-refractivity contribution in [2.45, 2.75) is 18.4 Å². The van der Waals surface area contributed by atoms with E-state index in [9.17, 15) is 9.90 Å². The second kappa shape index (κ2) is 4.20. The number of anilines is 1. The Hall–Kier alpha value is -1.69. The number of hydrogen-bond donors (Lipinski definition) is 1. The Morgan fingerprint density at radius 1 is 1.28 bits per heavy atom. The largest absolute Gasteiger partial charge is 0.380 e. The molecule has 3 rings (SSSR count). The van der Waals surface area contributed by atoms with E-state index in [2.05, 4.69) is 15.1 Å². The van der Waals surface area contributed by atoms with Crippen LogP contribution in [0.4, 0.5) is 5.82 Å². The summed E-state index contributed by atoms with van der Waals surface area (Å²) in [7, 11) is 0. The maximum absolute atomic E-state index is 12.0. The standard InChI is InChI=1S/C12H16N4O2/c17-11(12(18)3-4-12)16-8-6-15(7-9-16)10-2-1-5-13-14-10/h1-2,5,18H,3-4,6-9H2. The van der Waals surface area contributed by atoms with Crippen LogP contribution < -0.4 is 4.90 Å². The van der Waals surface area contributed by atoms with Gasteiger partial charge in [-0.1, -0.05) is 0 Å². The minimum absolute atomic E-state index is 0.110. The van der Waals surface area contributed by atoms with E-state index in [1.165, 1.54) is 0 Å². The first kappa shape index (κ1) is 11.4. The van der Waals surface area contributed by atoms with Crippen molar-refractivity contribution in [2.24, 2.45) is 0 Å². The molecule has 6 heteroatoms. The lowest BCUT2D eigenvalue weighted by atomic mass is 10.2. The molecule has 1 aromatic rings. The van der Waals surface area contributed by atoms with Gasteiger partial charge in [0.2, 0.25) is 0 Å². The van der Waals surface area contributed by atoms with E-state index < -0.39 is 5.60 Å². The first-order valence-corrected chi connectivity index (χ1v) is 6.23. The number of rotatable bonds is 2. The van der Waals surface area contributed by atoms with E-state index >= 15 is 0 Å². The third-order valence-electron chi connectivity index (χ3n) is 3.57. The Kier molecular flexibility index (Phi) is 2.66. The van der Waals surface area contributed by atoms with Crippen LogP contribution in [0.1, 0.15) is 12.8 Å². The average molecular weight is 248 g/mol. The Balaban J connectivity index is 1.60. The van der Waals surface area contributed by atoms with Crippen molar-refractivity contribution in [1.29, 1.82) is 0 Å². The van der Waals surface area contributed by atoms with Gasteiger partial charge in [0, 0.05) is 32.4 Å². The molecule has 0 radical (unpaired) electrons. The maximum Gasteiger partial charge on any atom is 0.254 e. The maximum atomic E-state index is 12.0. The number of carbonyl (C=O) groups excluding carboxylic acids is 1. The molecule has 0 atom stereocenters. The summed E-state index contributed by atoms with van der Waals surface area (Å²) in [5.74, 6) is 0.732. The molecule has 0 bridgehead atoms. The summed E-state index contributed by atoms with van der Waals surface area (Å²) in [5, 5.41) is 17.7. The van der Waals surface area contributed by atoms with Crippen LogP contribution >= 0.6 is 0 Å². The summed E-state index contributed by atoms with van der Waals surface area (Å²) in [6, 6.07) is 3.77. The summed E-state index contributed by atoms with van der Waals surface area (Å²) in [5.41, 5.74) is -1.05. The first-order chi connectivity index (χ1) is 8.69. The Morgan fingerprint density at radius 3 is 2.56 bits per heavy atom. The van der Waals surface area contributed by atoms with Gasteiger partial charge in [0.05, 0.1) is 0 Å². The number of nitrogens with zero attached hydrogens (tertiary/aromatic N) is 4. The molecule has 2 heterocycles. The van der Waals surface area contributed by atoms with Gasteiger partial charge in [0.15, 0.2) is 5.82 Å². The molecular weight excluding hydrogens is 232 g/mol. The lowest BCUT2D eigenvalue weighted by Crippen LogP contribution is -2.52. The van der Waals surface area contributed by atoms with Crippen LogP contribution in [0.15, 0.2) is 18.3 Å². The number of amides is 1. The Bertz CT molecular complexity index is 439. The van der Waals surface area contributed by atoms with Crippen LogP contribution in [0.3, 0.4) is 0 Å². The average Bonchev–Trinajstić information content (AvgIpc) is 3.18. The van der Waals surface area contributed by atoms with E-state index in [1.54, 1.807) is 11.1 Å². The van der Waals surface area contributed by atoms with E-state index in [4.69, 9.17) is 0 Å². The highest BCUT2D eigenvalue weighted by molar-refractivity contribution is 5.88. The minimum Gasteiger partial charge on any atom is -0.380 e. The molecule has 1 aromatic heterocycles. The predicted molar refractivity (Wildman–Crippen MR) is 65.0 cm³/mol. The zero-order valence-corrected chi connectivity index (χ0v) is 10.1. The molecule has 1 saturated heterocycles. The van der Waals surface area contributed by atoms with Gasteiger partial charge >= 0.3 is 0 Å². The lowest BCUT2D eigenvalue weighted by Gasteiger charge is -2.36. The highest BCUT2D eigenvalue weighted by Gasteiger charge is 2.50. The quantitative estimate of drug-likeness (QED) is 0.774. The minimum atomic E-state index is -1.05. The van der Waals surface area contributed by atoms with Crippen molar-refractivity contribution in [1.82, 2.24) is 15.1 Å². The summed E-state index contributed by atoms with van der Waals surface area (Å²) in [4.78, 5) is 15.8. The van der Waals surface area contributed by atoms with Crippen LogP contribution in [-0.4, -0.2) is 57.9 Å². The van der Waals surface area contributed by atoms with Gasteiger partial charge in [-0.15, -0.1) is 5.10 Å². The molecule has 2 fully saturated rings. The zero-order chi connectivity index (χ0) is 12.6. The van der Waals surface area contributed by atoms with Crippen molar-refractivity contribution in [2.75, 3.05) is 31.1 Å². The van der Waals surface area contributed by atoms with Crippen LogP contribution in [0.5, 0.6) is 0 Å². The SMILES string of the molecule is O=C(N1CCN(c2cccnn2)CC1)C1(O)CC1. The van der Waals surface area contributed by atoms with Gasteiger partial charge in [-0.25, -0.2) is 0 Å². The van der Waals surface area contributed by atoms with Crippen molar-refractivity contribution >= 4 is 11.7 Å². The zero-order valence-electron chi connectivity index (χ0n) is 10.1. The van der Waals surface area contributed by atoms with Gasteiger partial charge in [0.25, 0.3) is 5.91 Å². The summed E-state index contributed by atoms with van der Waals surface area (Å²) >= 11 is 0. The molecular formula is C12H16N4O2. The van der Waals surface area contributed by atoms with E-state index in [-0.39, 0.29) is 5.91 Å². The fourth-order valence-corrected chi connectivity index (χ4v) is 2.23. The van der Waals surface area contributed by atoms with Crippen LogP contribution in [-0.2, 0) is 4.79 Å². The van der Waals surface area contributed by atoms with E-state index in [1.807, 2.05) is 12.1 Å². The lowest BCUT2D eigenvalue weighted by molar-refractivity contribution is -0.142. The van der Waals surface area contributed by atoms with Crippen LogP contribution in [0, 0.1) is 0 Å². The topological polar surface area (TPSA) is 69.6 Å². The number of aliphatic hydroxyl groups is 1. The van der Waals surface area contributed by atoms with Crippen molar-refractivity contribution < 1.29 is 9.90 Å². The fourth-order valence-electron chi connectivity index (χ4n) is 2.23. The summed E-state index contributed by atoms with van der Waals surface area (Å²) in [6.45, 7) is 2.75. The molecule has 1 saturated carbocycles. The predicted octanol–water partition coefficient (Wildman–Crippen LogP) is -0.350. The van der Waals surface area contributed by atoms with Gasteiger partial charge in [-0.05, 0) is 25.0 Å². The molecule has 2 aliphatic rings. The van der Waals surface area contributed by atoms with Crippen molar-refractivity contribution in [3.8, 4) is 0 Å². The first-order valence-electron chi connectivity index (χ1n) is 6.23. The molecule has 0 aromatic carbocycles. The van der Waals surface area contributed by atoms with Crippen LogP contribution in [0.2, 0.25) is 0 Å². The molecule has 1 N–H and O–H groups in total. The number of hydrogen-bond acceptors (Lipinski definition) is 5. The highest BCUT2D eigenvalue weighted by atomic mass is 16.3. The highest BCUT2D eigenvalue weighted by Crippen LogP contribution is 2.37. The monoisotopic (exact) mass is 248 g/mol. The smallest absolute Gasteiger partial charge is 0.254 e. The van der Waals surface area contributed by atoms with Crippen molar-refractivity contribution in [3.05, 3.63) is 18.3 Å². The molecule has 1 aliphatic carbocycles. The molecule has 18 heavy (non-hydrogen) atoms. The van der Waals surface area contributed by atoms with Gasteiger partial charge in [-0.3, -0.25) is 4.79 Å². The van der Waals surface area contributed by atoms with Crippen molar-refractivity contribution in [3.63, 3.8) is 0 Å². The molecule has 6 nitrogen and oxygen atoms in total. The third-order valence-corrected chi connectivity index (χ3v) is 3.57. The second-order valence-corrected chi connectivity index (χ2v) is 4.89. The third kappa shape index (κ3) is 2.03. The van der Waals surface area contributed by atoms with Crippen LogP contribution in [0.25, 0.3) is 0 Å². The summed E-state index contributed by atoms with van der Waals surface area (Å²) < 4.78 is 0.